The molecule has 2 aliphatic rings. The van der Waals surface area contributed by atoms with Gasteiger partial charge in [-0.25, -0.2) is 0 Å². The number of rotatable bonds is 6. The molecule has 30 heavy (non-hydrogen) atoms. The molecule has 2 amide bonds. The zero-order chi connectivity index (χ0) is 20.9. The van der Waals surface area contributed by atoms with Gasteiger partial charge in [-0.1, -0.05) is 42.5 Å². The van der Waals surface area contributed by atoms with Crippen molar-refractivity contribution in [3.63, 3.8) is 0 Å². The lowest BCUT2D eigenvalue weighted by atomic mass is 10.1. The van der Waals surface area contributed by atoms with Gasteiger partial charge >= 0.3 is 0 Å². The normalized spacial score (nSPS) is 18.7. The predicted molar refractivity (Wildman–Crippen MR) is 121 cm³/mol. The van der Waals surface area contributed by atoms with E-state index >= 15 is 0 Å². The number of piperazine rings is 1. The Hall–Kier alpha value is -2.35. The Morgan fingerprint density at radius 2 is 1.73 bits per heavy atom. The summed E-state index contributed by atoms with van der Waals surface area (Å²) < 4.78 is 0. The summed E-state index contributed by atoms with van der Waals surface area (Å²) in [6.45, 7) is 4.86. The molecule has 158 valence electrons. The monoisotopic (exact) mass is 424 g/mol. The number of carbonyl (C=O) groups is 2. The van der Waals surface area contributed by atoms with Crippen molar-refractivity contribution in [3.8, 4) is 0 Å². The second-order valence-electron chi connectivity index (χ2n) is 7.87. The van der Waals surface area contributed by atoms with Gasteiger partial charge in [0.15, 0.2) is 0 Å². The number of anilines is 1. The van der Waals surface area contributed by atoms with Gasteiger partial charge in [-0.15, -0.1) is 11.8 Å². The molecule has 4 rings (SSSR count). The second kappa shape index (κ2) is 9.64. The topological polar surface area (TPSA) is 55.9 Å². The summed E-state index contributed by atoms with van der Waals surface area (Å²) >= 11 is 1.53. The van der Waals surface area contributed by atoms with Crippen LogP contribution in [0.5, 0.6) is 0 Å². The molecule has 0 saturated carbocycles. The molecule has 2 aromatic rings. The maximum absolute atomic E-state index is 13.0. The maximum atomic E-state index is 13.0. The van der Waals surface area contributed by atoms with Crippen molar-refractivity contribution in [1.29, 1.82) is 0 Å². The first-order chi connectivity index (χ1) is 14.6. The van der Waals surface area contributed by atoms with Gasteiger partial charge < -0.3 is 15.1 Å². The minimum Gasteiger partial charge on any atom is -0.346 e. The molecule has 1 fully saturated rings. The van der Waals surface area contributed by atoms with E-state index < -0.39 is 0 Å². The van der Waals surface area contributed by atoms with E-state index in [1.807, 2.05) is 42.5 Å². The smallest absolute Gasteiger partial charge is 0.240 e. The average molecular weight is 425 g/mol. The van der Waals surface area contributed by atoms with Crippen LogP contribution in [0.25, 0.3) is 0 Å². The van der Waals surface area contributed by atoms with E-state index in [9.17, 15) is 9.59 Å². The first kappa shape index (κ1) is 20.9. The number of nitrogens with zero attached hydrogens (tertiary/aromatic N) is 3. The average Bonchev–Trinajstić information content (AvgIpc) is 2.77. The molecule has 0 bridgehead atoms. The Morgan fingerprint density at radius 1 is 1.03 bits per heavy atom. The highest BCUT2D eigenvalue weighted by Gasteiger charge is 2.28. The summed E-state index contributed by atoms with van der Waals surface area (Å²) in [4.78, 5) is 32.9. The third kappa shape index (κ3) is 5.03. The lowest BCUT2D eigenvalue weighted by molar-refractivity contribution is -0.123. The van der Waals surface area contributed by atoms with Crippen LogP contribution >= 0.6 is 11.8 Å². The fraction of sp³-hybridized carbons (Fsp3) is 0.391. The lowest BCUT2D eigenvalue weighted by Gasteiger charge is -2.35. The quantitative estimate of drug-likeness (QED) is 0.771. The number of hydrogen-bond donors (Lipinski definition) is 1. The van der Waals surface area contributed by atoms with Crippen LogP contribution in [0.3, 0.4) is 0 Å². The van der Waals surface area contributed by atoms with Crippen molar-refractivity contribution < 1.29 is 9.59 Å². The zero-order valence-corrected chi connectivity index (χ0v) is 18.1. The van der Waals surface area contributed by atoms with Crippen LogP contribution in [-0.4, -0.2) is 73.7 Å². The minimum atomic E-state index is -0.131. The Morgan fingerprint density at radius 3 is 2.50 bits per heavy atom. The number of hydrogen-bond acceptors (Lipinski definition) is 5. The fourth-order valence-electron chi connectivity index (χ4n) is 3.92. The van der Waals surface area contributed by atoms with Gasteiger partial charge in [-0.05, 0) is 24.7 Å². The number of nitrogens with one attached hydrogen (secondary N) is 1. The molecule has 6 nitrogen and oxygen atoms in total. The number of thioether (sulfide) groups is 1. The van der Waals surface area contributed by atoms with Crippen molar-refractivity contribution in [3.05, 3.63) is 60.2 Å². The number of para-hydroxylation sites is 1. The molecule has 0 radical (unpaired) electrons. The zero-order valence-electron chi connectivity index (χ0n) is 17.3. The molecule has 0 aliphatic carbocycles. The van der Waals surface area contributed by atoms with Crippen LogP contribution in [0, 0.1) is 0 Å². The first-order valence-corrected chi connectivity index (χ1v) is 11.4. The largest absolute Gasteiger partial charge is 0.346 e. The van der Waals surface area contributed by atoms with Crippen LogP contribution in [0.15, 0.2) is 59.5 Å². The van der Waals surface area contributed by atoms with Crippen LogP contribution in [0.1, 0.15) is 11.6 Å². The van der Waals surface area contributed by atoms with Crippen molar-refractivity contribution in [1.82, 2.24) is 15.1 Å². The molecule has 0 spiro atoms. The predicted octanol–water partition coefficient (Wildman–Crippen LogP) is 2.23. The molecule has 1 saturated heterocycles. The standard InChI is InChI=1S/C23H28N4O2S/c1-25-11-13-26(14-12-25)15-19(18-7-3-2-4-8-18)24-22(28)16-27-20-9-5-6-10-21(20)30-17-23(27)29/h2-10,19H,11-17H2,1H3,(H,24,28). The first-order valence-electron chi connectivity index (χ1n) is 10.4. The van der Waals surface area contributed by atoms with Gasteiger partial charge in [0, 0.05) is 37.6 Å². The molecule has 0 aromatic heterocycles. The number of amides is 2. The van der Waals surface area contributed by atoms with E-state index in [1.165, 1.54) is 11.8 Å². The van der Waals surface area contributed by atoms with Crippen LogP contribution < -0.4 is 10.2 Å². The lowest BCUT2D eigenvalue weighted by Crippen LogP contribution is -2.49. The van der Waals surface area contributed by atoms with Crippen LogP contribution in [0.4, 0.5) is 5.69 Å². The van der Waals surface area contributed by atoms with E-state index in [2.05, 4.69) is 34.3 Å². The molecule has 1 unspecified atom stereocenters. The SMILES string of the molecule is CN1CCN(CC(NC(=O)CN2C(=O)CSc3ccccc32)c2ccccc2)CC1. The summed E-state index contributed by atoms with van der Waals surface area (Å²) in [5, 5.41) is 3.20. The Labute approximate surface area is 182 Å². The molecular weight excluding hydrogens is 396 g/mol. The Bertz CT molecular complexity index is 884. The van der Waals surface area contributed by atoms with Gasteiger partial charge in [0.05, 0.1) is 17.5 Å². The van der Waals surface area contributed by atoms with Gasteiger partial charge in [0.2, 0.25) is 11.8 Å². The van der Waals surface area contributed by atoms with Gasteiger partial charge in [-0.2, -0.15) is 0 Å². The summed E-state index contributed by atoms with van der Waals surface area (Å²) in [7, 11) is 2.14. The highest BCUT2D eigenvalue weighted by atomic mass is 32.2. The van der Waals surface area contributed by atoms with E-state index in [4.69, 9.17) is 0 Å². The molecule has 7 heteroatoms. The fourth-order valence-corrected chi connectivity index (χ4v) is 4.85. The van der Waals surface area contributed by atoms with E-state index in [-0.39, 0.29) is 24.4 Å². The highest BCUT2D eigenvalue weighted by Crippen LogP contribution is 2.34. The minimum absolute atomic E-state index is 0.0239. The maximum Gasteiger partial charge on any atom is 0.240 e. The number of benzene rings is 2. The van der Waals surface area contributed by atoms with Gasteiger partial charge in [-0.3, -0.25) is 14.5 Å². The third-order valence-corrected chi connectivity index (χ3v) is 6.73. The Kier molecular flexibility index (Phi) is 6.72. The van der Waals surface area contributed by atoms with Gasteiger partial charge in [0.25, 0.3) is 0 Å². The molecule has 1 atom stereocenters. The van der Waals surface area contributed by atoms with Crippen molar-refractivity contribution in [2.75, 3.05) is 57.0 Å². The molecule has 2 aromatic carbocycles. The van der Waals surface area contributed by atoms with E-state index in [0.717, 1.165) is 48.9 Å². The number of carbonyl (C=O) groups excluding carboxylic acids is 2. The molecule has 1 N–H and O–H groups in total. The summed E-state index contributed by atoms with van der Waals surface area (Å²) in [6.07, 6.45) is 0. The highest BCUT2D eigenvalue weighted by molar-refractivity contribution is 8.00. The second-order valence-corrected chi connectivity index (χ2v) is 8.89. The number of fused-ring (bicyclic) bond motifs is 1. The summed E-state index contributed by atoms with van der Waals surface area (Å²) in [5.41, 5.74) is 1.91. The Balaban J connectivity index is 1.46. The van der Waals surface area contributed by atoms with E-state index in [1.54, 1.807) is 4.90 Å². The summed E-state index contributed by atoms with van der Waals surface area (Å²) in [6, 6.07) is 17.8. The van der Waals surface area contributed by atoms with Crippen LogP contribution in [-0.2, 0) is 9.59 Å². The van der Waals surface area contributed by atoms with Crippen molar-refractivity contribution >= 4 is 29.3 Å². The third-order valence-electron chi connectivity index (χ3n) is 5.68. The van der Waals surface area contributed by atoms with Crippen molar-refractivity contribution in [2.45, 2.75) is 10.9 Å². The van der Waals surface area contributed by atoms with E-state index in [0.29, 0.717) is 5.75 Å². The molecular formula is C23H28N4O2S. The summed E-state index contributed by atoms with van der Waals surface area (Å²) in [5.74, 6) is 0.213. The number of likely N-dealkylation sites (N-methyl/N-ethyl adjacent to an activating group) is 1. The molecule has 2 aliphatic heterocycles. The van der Waals surface area contributed by atoms with Gasteiger partial charge in [0.1, 0.15) is 6.54 Å². The van der Waals surface area contributed by atoms with Crippen molar-refractivity contribution in [2.24, 2.45) is 0 Å². The molecule has 2 heterocycles. The van der Waals surface area contributed by atoms with Crippen LogP contribution in [0.2, 0.25) is 0 Å².